The predicted octanol–water partition coefficient (Wildman–Crippen LogP) is 3.25. The quantitative estimate of drug-likeness (QED) is 0.755. The van der Waals surface area contributed by atoms with E-state index in [1.807, 2.05) is 24.3 Å². The molecule has 1 aromatic heterocycles. The van der Waals surface area contributed by atoms with Gasteiger partial charge in [0.25, 0.3) is 5.91 Å². The average Bonchev–Trinajstić information content (AvgIpc) is 3.39. The third-order valence-corrected chi connectivity index (χ3v) is 5.20. The van der Waals surface area contributed by atoms with E-state index in [4.69, 9.17) is 16.3 Å². The van der Waals surface area contributed by atoms with Gasteiger partial charge in [0, 0.05) is 23.7 Å². The molecule has 1 fully saturated rings. The van der Waals surface area contributed by atoms with Crippen LogP contribution in [-0.2, 0) is 17.8 Å². The standard InChI is InChI=1S/C19H20ClN3O3/c1-2-26-19(25)16-15(12-7-8-12)17-18(24)22(9-10-23(17)21-16)11-13-5-3-4-6-14(13)20/h3-6,12H,2,7-11H2,1H3. The van der Waals surface area contributed by atoms with Crippen molar-refractivity contribution in [3.63, 3.8) is 0 Å². The lowest BCUT2D eigenvalue weighted by atomic mass is 10.1. The Morgan fingerprint density at radius 1 is 1.31 bits per heavy atom. The number of hydrogen-bond acceptors (Lipinski definition) is 4. The molecule has 136 valence electrons. The summed E-state index contributed by atoms with van der Waals surface area (Å²) >= 11 is 6.25. The molecule has 0 spiro atoms. The molecule has 6 nitrogen and oxygen atoms in total. The monoisotopic (exact) mass is 373 g/mol. The van der Waals surface area contributed by atoms with Crippen molar-refractivity contribution in [3.05, 3.63) is 51.8 Å². The Bertz CT molecular complexity index is 873. The van der Waals surface area contributed by atoms with Gasteiger partial charge in [-0.3, -0.25) is 9.48 Å². The molecule has 1 aromatic carbocycles. The molecule has 0 unspecified atom stereocenters. The Morgan fingerprint density at radius 2 is 2.08 bits per heavy atom. The Balaban J connectivity index is 1.67. The van der Waals surface area contributed by atoms with Crippen molar-refractivity contribution in [1.82, 2.24) is 14.7 Å². The smallest absolute Gasteiger partial charge is 0.359 e. The fourth-order valence-electron chi connectivity index (χ4n) is 3.42. The zero-order valence-corrected chi connectivity index (χ0v) is 15.3. The van der Waals surface area contributed by atoms with Gasteiger partial charge < -0.3 is 9.64 Å². The van der Waals surface area contributed by atoms with E-state index in [1.54, 1.807) is 16.5 Å². The average molecular weight is 374 g/mol. The molecule has 1 aliphatic heterocycles. The minimum Gasteiger partial charge on any atom is -0.461 e. The summed E-state index contributed by atoms with van der Waals surface area (Å²) in [5.41, 5.74) is 2.51. The summed E-state index contributed by atoms with van der Waals surface area (Å²) in [5, 5.41) is 5.06. The lowest BCUT2D eigenvalue weighted by molar-refractivity contribution is 0.0516. The highest BCUT2D eigenvalue weighted by Crippen LogP contribution is 2.44. The molecule has 4 rings (SSSR count). The summed E-state index contributed by atoms with van der Waals surface area (Å²) in [6.07, 6.45) is 1.95. The Morgan fingerprint density at radius 3 is 2.77 bits per heavy atom. The van der Waals surface area contributed by atoms with Gasteiger partial charge in [-0.05, 0) is 37.3 Å². The van der Waals surface area contributed by atoms with Gasteiger partial charge in [0.05, 0.1) is 13.2 Å². The van der Waals surface area contributed by atoms with Crippen LogP contribution in [0.25, 0.3) is 0 Å². The number of carbonyl (C=O) groups excluding carboxylic acids is 2. The molecular weight excluding hydrogens is 354 g/mol. The minimum absolute atomic E-state index is 0.0962. The normalized spacial score (nSPS) is 16.5. The maximum absolute atomic E-state index is 13.1. The topological polar surface area (TPSA) is 64.4 Å². The van der Waals surface area contributed by atoms with E-state index < -0.39 is 5.97 Å². The molecule has 2 aliphatic rings. The SMILES string of the molecule is CCOC(=O)c1nn2c(c1C1CC1)C(=O)N(Cc1ccccc1Cl)CC2. The van der Waals surface area contributed by atoms with Crippen molar-refractivity contribution in [1.29, 1.82) is 0 Å². The summed E-state index contributed by atoms with van der Waals surface area (Å²) in [6, 6.07) is 7.53. The van der Waals surface area contributed by atoms with Crippen LogP contribution in [0.4, 0.5) is 0 Å². The van der Waals surface area contributed by atoms with E-state index in [1.165, 1.54) is 0 Å². The van der Waals surface area contributed by atoms with Gasteiger partial charge in [0.15, 0.2) is 5.69 Å². The molecule has 2 heterocycles. The fraction of sp³-hybridized carbons (Fsp3) is 0.421. The highest BCUT2D eigenvalue weighted by atomic mass is 35.5. The number of nitrogens with zero attached hydrogens (tertiary/aromatic N) is 3. The zero-order chi connectivity index (χ0) is 18.3. The fourth-order valence-corrected chi connectivity index (χ4v) is 3.62. The number of hydrogen-bond donors (Lipinski definition) is 0. The summed E-state index contributed by atoms with van der Waals surface area (Å²) in [5.74, 6) is -0.315. The number of esters is 1. The van der Waals surface area contributed by atoms with Crippen LogP contribution in [0.3, 0.4) is 0 Å². The van der Waals surface area contributed by atoms with Gasteiger partial charge in [0.1, 0.15) is 5.69 Å². The van der Waals surface area contributed by atoms with Crippen molar-refractivity contribution in [2.24, 2.45) is 0 Å². The number of rotatable bonds is 5. The highest BCUT2D eigenvalue weighted by Gasteiger charge is 2.40. The van der Waals surface area contributed by atoms with Gasteiger partial charge >= 0.3 is 5.97 Å². The molecule has 0 atom stereocenters. The molecule has 2 aromatic rings. The summed E-state index contributed by atoms with van der Waals surface area (Å²) in [7, 11) is 0. The Labute approximate surface area is 156 Å². The van der Waals surface area contributed by atoms with E-state index in [9.17, 15) is 9.59 Å². The maximum Gasteiger partial charge on any atom is 0.359 e. The second-order valence-corrected chi connectivity index (χ2v) is 7.05. The molecule has 26 heavy (non-hydrogen) atoms. The van der Waals surface area contributed by atoms with Crippen LogP contribution in [0.15, 0.2) is 24.3 Å². The maximum atomic E-state index is 13.1. The summed E-state index contributed by atoms with van der Waals surface area (Å²) in [4.78, 5) is 27.2. The third-order valence-electron chi connectivity index (χ3n) is 4.83. The molecule has 0 saturated heterocycles. The second kappa shape index (κ2) is 6.76. The number of benzene rings is 1. The molecule has 1 amide bonds. The number of amides is 1. The molecule has 0 N–H and O–H groups in total. The van der Waals surface area contributed by atoms with Gasteiger partial charge in [-0.25, -0.2) is 4.79 Å². The first-order valence-electron chi connectivity index (χ1n) is 8.90. The molecule has 1 aliphatic carbocycles. The number of aromatic nitrogens is 2. The van der Waals surface area contributed by atoms with Crippen LogP contribution in [0.1, 0.15) is 57.8 Å². The van der Waals surface area contributed by atoms with Gasteiger partial charge in [-0.2, -0.15) is 5.10 Å². The zero-order valence-electron chi connectivity index (χ0n) is 14.6. The van der Waals surface area contributed by atoms with Crippen molar-refractivity contribution in [2.45, 2.75) is 38.8 Å². The van der Waals surface area contributed by atoms with E-state index in [0.29, 0.717) is 36.0 Å². The van der Waals surface area contributed by atoms with E-state index in [0.717, 1.165) is 24.0 Å². The van der Waals surface area contributed by atoms with Crippen LogP contribution < -0.4 is 0 Å². The molecule has 1 saturated carbocycles. The van der Waals surface area contributed by atoms with Crippen molar-refractivity contribution in [3.8, 4) is 0 Å². The van der Waals surface area contributed by atoms with Crippen molar-refractivity contribution >= 4 is 23.5 Å². The van der Waals surface area contributed by atoms with E-state index in [-0.39, 0.29) is 18.4 Å². The largest absolute Gasteiger partial charge is 0.461 e. The molecule has 0 bridgehead atoms. The Kier molecular flexibility index (Phi) is 4.44. The first-order valence-corrected chi connectivity index (χ1v) is 9.28. The summed E-state index contributed by atoms with van der Waals surface area (Å²) < 4.78 is 6.81. The lowest BCUT2D eigenvalue weighted by Crippen LogP contribution is -2.40. The van der Waals surface area contributed by atoms with Gasteiger partial charge in [-0.1, -0.05) is 29.8 Å². The van der Waals surface area contributed by atoms with Gasteiger partial charge in [0.2, 0.25) is 0 Å². The predicted molar refractivity (Wildman–Crippen MR) is 96.4 cm³/mol. The number of halogens is 1. The lowest BCUT2D eigenvalue weighted by Gasteiger charge is -2.28. The number of carbonyl (C=O) groups is 2. The van der Waals surface area contributed by atoms with Crippen LogP contribution in [0, 0.1) is 0 Å². The van der Waals surface area contributed by atoms with Crippen LogP contribution >= 0.6 is 11.6 Å². The van der Waals surface area contributed by atoms with Crippen molar-refractivity contribution < 1.29 is 14.3 Å². The van der Waals surface area contributed by atoms with E-state index in [2.05, 4.69) is 5.10 Å². The summed E-state index contributed by atoms with van der Waals surface area (Å²) in [6.45, 7) is 3.59. The second-order valence-electron chi connectivity index (χ2n) is 6.65. The first kappa shape index (κ1) is 17.1. The number of ether oxygens (including phenoxy) is 1. The minimum atomic E-state index is -0.443. The van der Waals surface area contributed by atoms with Crippen LogP contribution in [0.5, 0.6) is 0 Å². The highest BCUT2D eigenvalue weighted by molar-refractivity contribution is 6.31. The number of fused-ring (bicyclic) bond motifs is 1. The van der Waals surface area contributed by atoms with Crippen LogP contribution in [0.2, 0.25) is 5.02 Å². The Hall–Kier alpha value is -2.34. The first-order chi connectivity index (χ1) is 12.6. The third kappa shape index (κ3) is 2.98. The van der Waals surface area contributed by atoms with Gasteiger partial charge in [-0.15, -0.1) is 0 Å². The molecular formula is C19H20ClN3O3. The van der Waals surface area contributed by atoms with Crippen LogP contribution in [-0.4, -0.2) is 39.7 Å². The van der Waals surface area contributed by atoms with Crippen molar-refractivity contribution in [2.75, 3.05) is 13.2 Å². The molecule has 0 radical (unpaired) electrons. The molecule has 7 heteroatoms. The van der Waals surface area contributed by atoms with E-state index >= 15 is 0 Å².